The Kier molecular flexibility index (Phi) is 7.87. The lowest BCUT2D eigenvalue weighted by Gasteiger charge is -2.32. The fourth-order valence-corrected chi connectivity index (χ4v) is 6.12. The number of nitrogens with one attached hydrogen (secondary N) is 1. The normalized spacial score (nSPS) is 20.0. The lowest BCUT2D eigenvalue weighted by Crippen LogP contribution is -2.59. The van der Waals surface area contributed by atoms with Crippen molar-refractivity contribution >= 4 is 49.8 Å². The van der Waals surface area contributed by atoms with Crippen molar-refractivity contribution in [2.45, 2.75) is 64.6 Å². The molecule has 1 saturated carbocycles. The zero-order chi connectivity index (χ0) is 29.5. The highest BCUT2D eigenvalue weighted by atomic mass is 32.2. The molecule has 2 aliphatic rings. The van der Waals surface area contributed by atoms with E-state index in [0.717, 1.165) is 41.1 Å². The molecule has 1 fully saturated rings. The number of sulfone groups is 1. The largest absolute Gasteiger partial charge is 0.342 e. The summed E-state index contributed by atoms with van der Waals surface area (Å²) < 4.78 is 24.4. The molecule has 216 valence electrons. The lowest BCUT2D eigenvalue weighted by atomic mass is 9.99. The molecule has 0 radical (unpaired) electrons. The van der Waals surface area contributed by atoms with Gasteiger partial charge in [0.15, 0.2) is 9.84 Å². The molecule has 1 aliphatic heterocycles. The van der Waals surface area contributed by atoms with Crippen LogP contribution in [-0.2, 0) is 30.8 Å². The minimum atomic E-state index is -3.66. The molecule has 3 aromatic rings. The van der Waals surface area contributed by atoms with E-state index < -0.39 is 33.6 Å². The van der Waals surface area contributed by atoms with E-state index in [1.807, 2.05) is 37.4 Å². The van der Waals surface area contributed by atoms with Gasteiger partial charge in [-0.3, -0.25) is 19.4 Å². The number of rotatable bonds is 8. The third-order valence-corrected chi connectivity index (χ3v) is 8.89. The van der Waals surface area contributed by atoms with Gasteiger partial charge in [0, 0.05) is 23.8 Å². The predicted molar refractivity (Wildman–Crippen MR) is 159 cm³/mol. The van der Waals surface area contributed by atoms with Gasteiger partial charge in [0.2, 0.25) is 11.8 Å². The Morgan fingerprint density at radius 3 is 2.39 bits per heavy atom. The first-order valence-electron chi connectivity index (χ1n) is 14.1. The molecule has 2 aromatic carbocycles. The predicted octanol–water partition coefficient (Wildman–Crippen LogP) is 3.96. The molecule has 1 N–H and O–H groups in total. The maximum absolute atomic E-state index is 14.5. The first-order valence-corrected chi connectivity index (χ1v) is 16.1. The minimum absolute atomic E-state index is 0.210. The average molecular weight is 577 g/mol. The molecular formula is C31H36N4O5S. The Bertz CT molecular complexity index is 1620. The summed E-state index contributed by atoms with van der Waals surface area (Å²) in [6.45, 7) is 5.56. The molecule has 0 spiro atoms. The van der Waals surface area contributed by atoms with E-state index in [1.165, 1.54) is 4.90 Å². The molecule has 10 heteroatoms. The van der Waals surface area contributed by atoms with Gasteiger partial charge in [0.1, 0.15) is 11.8 Å². The summed E-state index contributed by atoms with van der Waals surface area (Å²) in [6.07, 6.45) is 5.59. The van der Waals surface area contributed by atoms with Crippen molar-refractivity contribution in [1.29, 1.82) is 0 Å². The number of carbonyl (C=O) groups is 3. The van der Waals surface area contributed by atoms with Crippen molar-refractivity contribution in [3.8, 4) is 0 Å². The number of benzene rings is 2. The molecule has 1 aromatic heterocycles. The summed E-state index contributed by atoms with van der Waals surface area (Å²) in [5.74, 6) is -2.01. The number of para-hydroxylation sites is 3. The highest BCUT2D eigenvalue weighted by Gasteiger charge is 2.43. The van der Waals surface area contributed by atoms with Gasteiger partial charge in [-0.15, -0.1) is 0 Å². The number of fused-ring (bicyclic) bond motifs is 2. The first kappa shape index (κ1) is 28.7. The van der Waals surface area contributed by atoms with Gasteiger partial charge in [-0.25, -0.2) is 8.42 Å². The van der Waals surface area contributed by atoms with Gasteiger partial charge in [-0.1, -0.05) is 44.2 Å². The van der Waals surface area contributed by atoms with Crippen LogP contribution in [-0.4, -0.2) is 55.2 Å². The van der Waals surface area contributed by atoms with Crippen molar-refractivity contribution < 1.29 is 22.8 Å². The first-order chi connectivity index (χ1) is 19.5. The molecule has 0 bridgehead atoms. The molecule has 1 aliphatic carbocycles. The van der Waals surface area contributed by atoms with Gasteiger partial charge in [0.05, 0.1) is 29.5 Å². The monoisotopic (exact) mass is 576 g/mol. The Balaban J connectivity index is 1.67. The third kappa shape index (κ3) is 5.84. The molecule has 2 heterocycles. The van der Waals surface area contributed by atoms with Crippen molar-refractivity contribution in [3.05, 3.63) is 65.9 Å². The van der Waals surface area contributed by atoms with Crippen LogP contribution < -0.4 is 15.1 Å². The molecule has 5 rings (SSSR count). The van der Waals surface area contributed by atoms with E-state index >= 15 is 0 Å². The third-order valence-electron chi connectivity index (χ3n) is 8.12. The second-order valence-electron chi connectivity index (χ2n) is 11.3. The lowest BCUT2D eigenvalue weighted by molar-refractivity contribution is -0.130. The summed E-state index contributed by atoms with van der Waals surface area (Å²) in [7, 11) is -3.66. The van der Waals surface area contributed by atoms with Crippen LogP contribution >= 0.6 is 0 Å². The van der Waals surface area contributed by atoms with Crippen molar-refractivity contribution in [3.63, 3.8) is 0 Å². The molecule has 0 saturated heterocycles. The highest BCUT2D eigenvalue weighted by molar-refractivity contribution is 7.91. The van der Waals surface area contributed by atoms with Crippen LogP contribution in [0.2, 0.25) is 0 Å². The zero-order valence-corrected chi connectivity index (χ0v) is 24.6. The second kappa shape index (κ2) is 11.2. The molecule has 9 nitrogen and oxygen atoms in total. The van der Waals surface area contributed by atoms with Crippen LogP contribution in [0.1, 0.15) is 57.1 Å². The van der Waals surface area contributed by atoms with E-state index in [4.69, 9.17) is 0 Å². The van der Waals surface area contributed by atoms with Crippen LogP contribution in [0.3, 0.4) is 0 Å². The van der Waals surface area contributed by atoms with E-state index in [2.05, 4.69) is 10.3 Å². The number of nitrogens with zero attached hydrogens (tertiary/aromatic N) is 3. The standard InChI is InChI=1S/C31H36N4O5S/c1-5-19(2)30(37)33-29-20(3)35(28(36)18-41(4,39)40)27-13-9-8-12-26(27)34(31(29)38)17-24-22-10-6-7-11-25(22)32-16-23(24)21-14-15-21/h6-13,16,19-21,29H,5,14-15,17-18H2,1-4H3,(H,33,37)/t19-,20+,29+/m1/s1. The summed E-state index contributed by atoms with van der Waals surface area (Å²) in [6, 6.07) is 12.9. The summed E-state index contributed by atoms with van der Waals surface area (Å²) in [4.78, 5) is 48.8. The minimum Gasteiger partial charge on any atom is -0.342 e. The van der Waals surface area contributed by atoms with Crippen LogP contribution in [0.5, 0.6) is 0 Å². The molecule has 3 atom stereocenters. The summed E-state index contributed by atoms with van der Waals surface area (Å²) in [5, 5.41) is 3.86. The second-order valence-corrected chi connectivity index (χ2v) is 13.4. The number of hydrogen-bond donors (Lipinski definition) is 1. The van der Waals surface area contributed by atoms with Crippen LogP contribution in [0.4, 0.5) is 11.4 Å². The number of anilines is 2. The van der Waals surface area contributed by atoms with Gasteiger partial charge in [-0.05, 0) is 61.4 Å². The summed E-state index contributed by atoms with van der Waals surface area (Å²) in [5.41, 5.74) is 3.80. The number of aromatic nitrogens is 1. The maximum Gasteiger partial charge on any atom is 0.252 e. The van der Waals surface area contributed by atoms with E-state index in [0.29, 0.717) is 23.7 Å². The molecule has 41 heavy (non-hydrogen) atoms. The van der Waals surface area contributed by atoms with Gasteiger partial charge >= 0.3 is 0 Å². The molecule has 3 amide bonds. The summed E-state index contributed by atoms with van der Waals surface area (Å²) >= 11 is 0. The topological polar surface area (TPSA) is 117 Å². The van der Waals surface area contributed by atoms with Crippen LogP contribution in [0, 0.1) is 5.92 Å². The van der Waals surface area contributed by atoms with Crippen LogP contribution in [0.15, 0.2) is 54.7 Å². The number of carbonyl (C=O) groups excluding carboxylic acids is 3. The number of amides is 3. The van der Waals surface area contributed by atoms with E-state index in [1.54, 1.807) is 43.0 Å². The Hall–Kier alpha value is -3.79. The smallest absolute Gasteiger partial charge is 0.252 e. The van der Waals surface area contributed by atoms with Crippen molar-refractivity contribution in [1.82, 2.24) is 10.3 Å². The zero-order valence-electron chi connectivity index (χ0n) is 23.8. The molecule has 0 unspecified atom stereocenters. The Morgan fingerprint density at radius 1 is 1.07 bits per heavy atom. The van der Waals surface area contributed by atoms with E-state index in [9.17, 15) is 22.8 Å². The average Bonchev–Trinajstić information content (AvgIpc) is 3.78. The van der Waals surface area contributed by atoms with Gasteiger partial charge in [-0.2, -0.15) is 0 Å². The number of hydrogen-bond acceptors (Lipinski definition) is 6. The number of pyridine rings is 1. The fraction of sp³-hybridized carbons (Fsp3) is 0.419. The van der Waals surface area contributed by atoms with Crippen LogP contribution in [0.25, 0.3) is 10.9 Å². The quantitative estimate of drug-likeness (QED) is 0.434. The maximum atomic E-state index is 14.5. The van der Waals surface area contributed by atoms with Gasteiger partial charge in [0.25, 0.3) is 5.91 Å². The fourth-order valence-electron chi connectivity index (χ4n) is 5.53. The SMILES string of the molecule is CC[C@@H](C)C(=O)N[C@@H]1C(=O)N(Cc2c(C3CC3)cnc3ccccc23)c2ccccc2N(C(=O)CS(C)(=O)=O)[C@H]1C. The van der Waals surface area contributed by atoms with Crippen molar-refractivity contribution in [2.75, 3.05) is 21.8 Å². The Labute approximate surface area is 240 Å². The Morgan fingerprint density at radius 2 is 1.73 bits per heavy atom. The van der Waals surface area contributed by atoms with Crippen molar-refractivity contribution in [2.24, 2.45) is 5.92 Å². The van der Waals surface area contributed by atoms with E-state index in [-0.39, 0.29) is 24.3 Å². The van der Waals surface area contributed by atoms with Gasteiger partial charge < -0.3 is 15.1 Å². The highest BCUT2D eigenvalue weighted by Crippen LogP contribution is 2.44. The molecular weight excluding hydrogens is 540 g/mol.